The standard InChI is InChI=1S/C15H27NO3/c1-3-16-15(14(17)18)8-7-13(10-15)19-12-6-4-5-11(2)9-12/h11-13,16H,3-10H2,1-2H3,(H,17,18). The second-order valence-electron chi connectivity index (χ2n) is 6.31. The second-order valence-corrected chi connectivity index (χ2v) is 6.31. The number of ether oxygens (including phenoxy) is 1. The minimum atomic E-state index is -0.750. The van der Waals surface area contributed by atoms with Crippen LogP contribution in [0.5, 0.6) is 0 Å². The lowest BCUT2D eigenvalue weighted by atomic mass is 9.88. The lowest BCUT2D eigenvalue weighted by Crippen LogP contribution is -2.50. The molecular formula is C15H27NO3. The topological polar surface area (TPSA) is 58.6 Å². The zero-order valence-corrected chi connectivity index (χ0v) is 12.2. The smallest absolute Gasteiger partial charge is 0.323 e. The van der Waals surface area contributed by atoms with Crippen LogP contribution in [-0.4, -0.2) is 35.4 Å². The van der Waals surface area contributed by atoms with Crippen molar-refractivity contribution in [1.82, 2.24) is 5.32 Å². The molecule has 0 aliphatic heterocycles. The molecule has 4 heteroatoms. The van der Waals surface area contributed by atoms with Crippen LogP contribution in [0.1, 0.15) is 58.8 Å². The molecule has 0 saturated heterocycles. The predicted molar refractivity (Wildman–Crippen MR) is 74.2 cm³/mol. The van der Waals surface area contributed by atoms with Gasteiger partial charge < -0.3 is 15.2 Å². The average Bonchev–Trinajstić information content (AvgIpc) is 2.74. The quantitative estimate of drug-likeness (QED) is 0.805. The van der Waals surface area contributed by atoms with Crippen LogP contribution in [0.25, 0.3) is 0 Å². The Labute approximate surface area is 115 Å². The molecule has 0 heterocycles. The van der Waals surface area contributed by atoms with E-state index in [9.17, 15) is 9.90 Å². The van der Waals surface area contributed by atoms with Gasteiger partial charge in [0.15, 0.2) is 0 Å². The van der Waals surface area contributed by atoms with Crippen molar-refractivity contribution >= 4 is 5.97 Å². The fourth-order valence-corrected chi connectivity index (χ4v) is 3.66. The first-order valence-electron chi connectivity index (χ1n) is 7.69. The van der Waals surface area contributed by atoms with E-state index in [0.717, 1.165) is 25.2 Å². The lowest BCUT2D eigenvalue weighted by Gasteiger charge is -2.30. The van der Waals surface area contributed by atoms with Crippen molar-refractivity contribution in [3.05, 3.63) is 0 Å². The fraction of sp³-hybridized carbons (Fsp3) is 0.933. The van der Waals surface area contributed by atoms with Gasteiger partial charge in [-0.05, 0) is 38.1 Å². The van der Waals surface area contributed by atoms with Gasteiger partial charge in [-0.15, -0.1) is 0 Å². The molecule has 0 spiro atoms. The predicted octanol–water partition coefficient (Wildman–Crippen LogP) is 2.57. The number of aliphatic carboxylic acids is 1. The first-order chi connectivity index (χ1) is 9.05. The molecule has 4 nitrogen and oxygen atoms in total. The van der Waals surface area contributed by atoms with Gasteiger partial charge in [-0.2, -0.15) is 0 Å². The number of nitrogens with one attached hydrogen (secondary N) is 1. The summed E-state index contributed by atoms with van der Waals surface area (Å²) >= 11 is 0. The van der Waals surface area contributed by atoms with Crippen LogP contribution in [-0.2, 0) is 9.53 Å². The summed E-state index contributed by atoms with van der Waals surface area (Å²) in [7, 11) is 0. The van der Waals surface area contributed by atoms with E-state index >= 15 is 0 Å². The molecule has 0 amide bonds. The van der Waals surface area contributed by atoms with Crippen LogP contribution >= 0.6 is 0 Å². The minimum Gasteiger partial charge on any atom is -0.480 e. The summed E-state index contributed by atoms with van der Waals surface area (Å²) in [5.41, 5.74) is -0.750. The Balaban J connectivity index is 1.88. The number of rotatable bonds is 5. The SMILES string of the molecule is CCNC1(C(=O)O)CCC(OC2CCCC(C)C2)C1. The number of likely N-dealkylation sites (N-methyl/N-ethyl adjacent to an activating group) is 1. The average molecular weight is 269 g/mol. The largest absolute Gasteiger partial charge is 0.480 e. The Kier molecular flexibility index (Phi) is 4.85. The summed E-state index contributed by atoms with van der Waals surface area (Å²) in [6.07, 6.45) is 7.45. The summed E-state index contributed by atoms with van der Waals surface area (Å²) < 4.78 is 6.17. The number of carboxylic acids is 1. The van der Waals surface area contributed by atoms with Crippen molar-refractivity contribution in [3.63, 3.8) is 0 Å². The lowest BCUT2D eigenvalue weighted by molar-refractivity contribution is -0.145. The molecule has 2 aliphatic rings. The van der Waals surface area contributed by atoms with E-state index in [0.29, 0.717) is 25.5 Å². The van der Waals surface area contributed by atoms with Crippen molar-refractivity contribution in [1.29, 1.82) is 0 Å². The highest BCUT2D eigenvalue weighted by Crippen LogP contribution is 2.35. The van der Waals surface area contributed by atoms with Gasteiger partial charge in [0.05, 0.1) is 12.2 Å². The van der Waals surface area contributed by atoms with Gasteiger partial charge in [0.2, 0.25) is 0 Å². The highest BCUT2D eigenvalue weighted by atomic mass is 16.5. The number of hydrogen-bond acceptors (Lipinski definition) is 3. The molecule has 2 rings (SSSR count). The highest BCUT2D eigenvalue weighted by Gasteiger charge is 2.46. The third-order valence-corrected chi connectivity index (χ3v) is 4.67. The number of hydrogen-bond donors (Lipinski definition) is 2. The molecule has 19 heavy (non-hydrogen) atoms. The monoisotopic (exact) mass is 269 g/mol. The first kappa shape index (κ1) is 14.8. The zero-order valence-electron chi connectivity index (χ0n) is 12.2. The van der Waals surface area contributed by atoms with Crippen molar-refractivity contribution in [2.75, 3.05) is 6.54 Å². The normalized spacial score (nSPS) is 39.4. The van der Waals surface area contributed by atoms with Gasteiger partial charge >= 0.3 is 5.97 Å². The maximum Gasteiger partial charge on any atom is 0.323 e. The van der Waals surface area contributed by atoms with E-state index in [-0.39, 0.29) is 6.10 Å². The van der Waals surface area contributed by atoms with E-state index in [1.165, 1.54) is 12.8 Å². The van der Waals surface area contributed by atoms with Crippen molar-refractivity contribution in [2.24, 2.45) is 5.92 Å². The van der Waals surface area contributed by atoms with E-state index in [4.69, 9.17) is 4.74 Å². The molecule has 0 aromatic carbocycles. The minimum absolute atomic E-state index is 0.116. The Morgan fingerprint density at radius 2 is 2.16 bits per heavy atom. The van der Waals surface area contributed by atoms with Crippen LogP contribution < -0.4 is 5.32 Å². The summed E-state index contributed by atoms with van der Waals surface area (Å²) in [5, 5.41) is 12.6. The summed E-state index contributed by atoms with van der Waals surface area (Å²) in [6.45, 7) is 4.94. The van der Waals surface area contributed by atoms with Crippen LogP contribution in [0.4, 0.5) is 0 Å². The summed E-state index contributed by atoms with van der Waals surface area (Å²) in [4.78, 5) is 11.5. The van der Waals surface area contributed by atoms with Crippen LogP contribution in [0.15, 0.2) is 0 Å². The molecule has 2 fully saturated rings. The van der Waals surface area contributed by atoms with Gasteiger partial charge in [-0.3, -0.25) is 4.79 Å². The molecule has 4 unspecified atom stereocenters. The van der Waals surface area contributed by atoms with Crippen LogP contribution in [0.3, 0.4) is 0 Å². The Bertz CT molecular complexity index is 321. The van der Waals surface area contributed by atoms with Crippen LogP contribution in [0.2, 0.25) is 0 Å². The van der Waals surface area contributed by atoms with Crippen molar-refractivity contribution in [2.45, 2.75) is 76.5 Å². The summed E-state index contributed by atoms with van der Waals surface area (Å²) in [5.74, 6) is 0.0237. The van der Waals surface area contributed by atoms with E-state index in [1.807, 2.05) is 6.92 Å². The number of carbonyl (C=O) groups is 1. The van der Waals surface area contributed by atoms with Gasteiger partial charge in [0, 0.05) is 6.42 Å². The Hall–Kier alpha value is -0.610. The molecule has 4 atom stereocenters. The highest BCUT2D eigenvalue weighted by molar-refractivity contribution is 5.79. The summed E-state index contributed by atoms with van der Waals surface area (Å²) in [6, 6.07) is 0. The van der Waals surface area contributed by atoms with E-state index in [1.54, 1.807) is 0 Å². The molecule has 0 bridgehead atoms. The van der Waals surface area contributed by atoms with Gasteiger partial charge in [-0.25, -0.2) is 0 Å². The zero-order chi connectivity index (χ0) is 13.9. The third kappa shape index (κ3) is 3.48. The van der Waals surface area contributed by atoms with Gasteiger partial charge in [0.25, 0.3) is 0 Å². The maximum atomic E-state index is 11.5. The molecular weight excluding hydrogens is 242 g/mol. The molecule has 110 valence electrons. The van der Waals surface area contributed by atoms with E-state index in [2.05, 4.69) is 12.2 Å². The van der Waals surface area contributed by atoms with Crippen molar-refractivity contribution < 1.29 is 14.6 Å². The Morgan fingerprint density at radius 1 is 1.37 bits per heavy atom. The second kappa shape index (κ2) is 6.23. The van der Waals surface area contributed by atoms with Crippen molar-refractivity contribution in [3.8, 4) is 0 Å². The molecule has 2 aliphatic carbocycles. The van der Waals surface area contributed by atoms with Gasteiger partial charge in [0.1, 0.15) is 5.54 Å². The Morgan fingerprint density at radius 3 is 2.79 bits per heavy atom. The fourth-order valence-electron chi connectivity index (χ4n) is 3.66. The molecule has 2 N–H and O–H groups in total. The number of carboxylic acid groups (broad SMARTS) is 1. The third-order valence-electron chi connectivity index (χ3n) is 4.67. The molecule has 2 saturated carbocycles. The first-order valence-corrected chi connectivity index (χ1v) is 7.69. The van der Waals surface area contributed by atoms with Crippen LogP contribution in [0, 0.1) is 5.92 Å². The maximum absolute atomic E-state index is 11.5. The van der Waals surface area contributed by atoms with Gasteiger partial charge in [-0.1, -0.05) is 26.7 Å². The molecule has 0 aromatic rings. The molecule has 0 aromatic heterocycles. The van der Waals surface area contributed by atoms with E-state index < -0.39 is 11.5 Å². The molecule has 0 radical (unpaired) electrons.